The number of aromatic nitrogens is 2. The Bertz CT molecular complexity index is 1030. The van der Waals surface area contributed by atoms with Crippen LogP contribution >= 0.6 is 15.9 Å². The van der Waals surface area contributed by atoms with Crippen LogP contribution in [0.5, 0.6) is 0 Å². The summed E-state index contributed by atoms with van der Waals surface area (Å²) in [5.41, 5.74) is 0.930. The average Bonchev–Trinajstić information content (AvgIpc) is 2.79. The molecule has 0 bridgehead atoms. The van der Waals surface area contributed by atoms with E-state index in [-0.39, 0.29) is 16.7 Å². The SMILES string of the molecule is Cc1cc(N2CCC(C(=O)N3CCN(S(=O)(=O)c4ccc(Br)cc4)CC3)CC2)ncn1. The zero-order valence-electron chi connectivity index (χ0n) is 17.4. The molecular weight excluding hydrogens is 482 g/mol. The molecule has 0 aliphatic carbocycles. The van der Waals surface area contributed by atoms with Crippen LogP contribution < -0.4 is 4.90 Å². The standard InChI is InChI=1S/C21H26BrN5O3S/c1-16-14-20(24-15-23-16)25-8-6-17(7-9-25)21(28)26-10-12-27(13-11-26)31(29,30)19-4-2-18(22)3-5-19/h2-5,14-15,17H,6-13H2,1H3. The van der Waals surface area contributed by atoms with Crippen molar-refractivity contribution in [2.45, 2.75) is 24.7 Å². The van der Waals surface area contributed by atoms with Gasteiger partial charge in [0.05, 0.1) is 4.90 Å². The van der Waals surface area contributed by atoms with Crippen LogP contribution in [0.25, 0.3) is 0 Å². The van der Waals surface area contributed by atoms with E-state index >= 15 is 0 Å². The molecule has 2 aliphatic heterocycles. The van der Waals surface area contributed by atoms with Crippen molar-refractivity contribution in [2.75, 3.05) is 44.2 Å². The van der Waals surface area contributed by atoms with Crippen molar-refractivity contribution in [3.63, 3.8) is 0 Å². The summed E-state index contributed by atoms with van der Waals surface area (Å²) in [6.45, 7) is 5.01. The second-order valence-corrected chi connectivity index (χ2v) is 10.8. The predicted octanol–water partition coefficient (Wildman–Crippen LogP) is 2.30. The maximum Gasteiger partial charge on any atom is 0.243 e. The van der Waals surface area contributed by atoms with Crippen LogP contribution in [0.15, 0.2) is 46.0 Å². The van der Waals surface area contributed by atoms with Gasteiger partial charge in [0.2, 0.25) is 15.9 Å². The summed E-state index contributed by atoms with van der Waals surface area (Å²) >= 11 is 3.33. The number of nitrogens with zero attached hydrogens (tertiary/aromatic N) is 5. The highest BCUT2D eigenvalue weighted by Crippen LogP contribution is 2.25. The summed E-state index contributed by atoms with van der Waals surface area (Å²) in [4.78, 5) is 25.8. The van der Waals surface area contributed by atoms with E-state index in [1.807, 2.05) is 17.9 Å². The van der Waals surface area contributed by atoms with E-state index in [9.17, 15) is 13.2 Å². The minimum atomic E-state index is -3.54. The maximum absolute atomic E-state index is 13.0. The molecule has 0 saturated carbocycles. The summed E-state index contributed by atoms with van der Waals surface area (Å²) in [6.07, 6.45) is 3.13. The molecule has 2 saturated heterocycles. The van der Waals surface area contributed by atoms with E-state index in [4.69, 9.17) is 0 Å². The number of benzene rings is 1. The number of hydrogen-bond acceptors (Lipinski definition) is 6. The first-order valence-electron chi connectivity index (χ1n) is 10.4. The van der Waals surface area contributed by atoms with Crippen molar-refractivity contribution in [3.05, 3.63) is 46.8 Å². The molecule has 31 heavy (non-hydrogen) atoms. The Kier molecular flexibility index (Phi) is 6.59. The fourth-order valence-electron chi connectivity index (χ4n) is 4.13. The number of anilines is 1. The number of sulfonamides is 1. The fraction of sp³-hybridized carbons (Fsp3) is 0.476. The lowest BCUT2D eigenvalue weighted by Gasteiger charge is -2.38. The molecule has 4 rings (SSSR count). The summed E-state index contributed by atoms with van der Waals surface area (Å²) in [7, 11) is -3.54. The molecule has 0 radical (unpaired) electrons. The first kappa shape index (κ1) is 22.2. The minimum absolute atomic E-state index is 0.0196. The van der Waals surface area contributed by atoms with Crippen molar-refractivity contribution in [1.82, 2.24) is 19.2 Å². The van der Waals surface area contributed by atoms with Crippen molar-refractivity contribution in [2.24, 2.45) is 5.92 Å². The highest BCUT2D eigenvalue weighted by atomic mass is 79.9. The Morgan fingerprint density at radius 2 is 1.65 bits per heavy atom. The van der Waals surface area contributed by atoms with Gasteiger partial charge >= 0.3 is 0 Å². The Balaban J connectivity index is 1.31. The van der Waals surface area contributed by atoms with Crippen LogP contribution in [0.1, 0.15) is 18.5 Å². The predicted molar refractivity (Wildman–Crippen MR) is 121 cm³/mol. The Hall–Kier alpha value is -2.04. The number of rotatable bonds is 4. The highest BCUT2D eigenvalue weighted by molar-refractivity contribution is 9.10. The molecular formula is C21H26BrN5O3S. The van der Waals surface area contributed by atoms with Crippen LogP contribution in [0.2, 0.25) is 0 Å². The molecule has 10 heteroatoms. The monoisotopic (exact) mass is 507 g/mol. The second-order valence-electron chi connectivity index (χ2n) is 7.96. The number of amides is 1. The lowest BCUT2D eigenvalue weighted by molar-refractivity contribution is -0.137. The first-order chi connectivity index (χ1) is 14.8. The quantitative estimate of drug-likeness (QED) is 0.630. The third-order valence-corrected chi connectivity index (χ3v) is 8.40. The third kappa shape index (κ3) is 4.91. The number of aryl methyl sites for hydroxylation is 1. The third-order valence-electron chi connectivity index (χ3n) is 5.96. The van der Waals surface area contributed by atoms with Gasteiger partial charge in [-0.25, -0.2) is 18.4 Å². The minimum Gasteiger partial charge on any atom is -0.356 e. The molecule has 0 N–H and O–H groups in total. The first-order valence-corrected chi connectivity index (χ1v) is 12.7. The van der Waals surface area contributed by atoms with E-state index in [0.29, 0.717) is 26.2 Å². The molecule has 2 aromatic rings. The molecule has 1 aromatic carbocycles. The lowest BCUT2D eigenvalue weighted by atomic mass is 9.95. The van der Waals surface area contributed by atoms with Gasteiger partial charge in [-0.3, -0.25) is 4.79 Å². The summed E-state index contributed by atoms with van der Waals surface area (Å²) < 4.78 is 28.0. The normalized spacial score (nSPS) is 18.9. The Morgan fingerprint density at radius 1 is 1.00 bits per heavy atom. The van der Waals surface area contributed by atoms with Gasteiger partial charge in [-0.05, 0) is 44.0 Å². The van der Waals surface area contributed by atoms with E-state index in [2.05, 4.69) is 30.8 Å². The van der Waals surface area contributed by atoms with Gasteiger partial charge in [-0.1, -0.05) is 15.9 Å². The Morgan fingerprint density at radius 3 is 2.26 bits per heavy atom. The van der Waals surface area contributed by atoms with Crippen LogP contribution in [-0.2, 0) is 14.8 Å². The smallest absolute Gasteiger partial charge is 0.243 e. The molecule has 8 nitrogen and oxygen atoms in total. The van der Waals surface area contributed by atoms with E-state index in [1.54, 1.807) is 30.6 Å². The number of hydrogen-bond donors (Lipinski definition) is 0. The molecule has 2 aliphatic rings. The lowest BCUT2D eigenvalue weighted by Crippen LogP contribution is -2.52. The number of piperidine rings is 1. The second kappa shape index (κ2) is 9.22. The molecule has 1 aromatic heterocycles. The Labute approximate surface area is 191 Å². The van der Waals surface area contributed by atoms with E-state index in [1.165, 1.54) is 4.31 Å². The van der Waals surface area contributed by atoms with Gasteiger partial charge in [0, 0.05) is 61.4 Å². The molecule has 0 unspecified atom stereocenters. The zero-order chi connectivity index (χ0) is 22.0. The maximum atomic E-state index is 13.0. The molecule has 3 heterocycles. The molecule has 0 spiro atoms. The summed E-state index contributed by atoms with van der Waals surface area (Å²) in [5, 5.41) is 0. The number of carbonyl (C=O) groups is 1. The van der Waals surface area contributed by atoms with Gasteiger partial charge in [0.25, 0.3) is 0 Å². The average molecular weight is 508 g/mol. The number of carbonyl (C=O) groups excluding carboxylic acids is 1. The van der Waals surface area contributed by atoms with Crippen molar-refractivity contribution < 1.29 is 13.2 Å². The van der Waals surface area contributed by atoms with Crippen LogP contribution in [0.4, 0.5) is 5.82 Å². The fourth-order valence-corrected chi connectivity index (χ4v) is 5.82. The summed E-state index contributed by atoms with van der Waals surface area (Å²) in [5.74, 6) is 1.03. The molecule has 0 atom stereocenters. The van der Waals surface area contributed by atoms with Crippen molar-refractivity contribution in [1.29, 1.82) is 0 Å². The van der Waals surface area contributed by atoms with Gasteiger partial charge in [-0.15, -0.1) is 0 Å². The molecule has 2 fully saturated rings. The van der Waals surface area contributed by atoms with Crippen molar-refractivity contribution in [3.8, 4) is 0 Å². The highest BCUT2D eigenvalue weighted by Gasteiger charge is 2.34. The van der Waals surface area contributed by atoms with Gasteiger partial charge < -0.3 is 9.80 Å². The molecule has 166 valence electrons. The van der Waals surface area contributed by atoms with Gasteiger partial charge in [-0.2, -0.15) is 4.31 Å². The number of halogens is 1. The summed E-state index contributed by atoms with van der Waals surface area (Å²) in [6, 6.07) is 8.62. The van der Waals surface area contributed by atoms with E-state index < -0.39 is 10.0 Å². The van der Waals surface area contributed by atoms with Crippen LogP contribution in [0, 0.1) is 12.8 Å². The number of piperazine rings is 1. The largest absolute Gasteiger partial charge is 0.356 e. The van der Waals surface area contributed by atoms with Gasteiger partial charge in [0.1, 0.15) is 12.1 Å². The van der Waals surface area contributed by atoms with Crippen molar-refractivity contribution >= 4 is 37.7 Å². The van der Waals surface area contributed by atoms with Gasteiger partial charge in [0.15, 0.2) is 0 Å². The van der Waals surface area contributed by atoms with Crippen LogP contribution in [-0.4, -0.2) is 72.8 Å². The topological polar surface area (TPSA) is 86.7 Å². The molecule has 1 amide bonds. The zero-order valence-corrected chi connectivity index (χ0v) is 19.8. The van der Waals surface area contributed by atoms with E-state index in [0.717, 1.165) is 41.9 Å². The van der Waals surface area contributed by atoms with Crippen LogP contribution in [0.3, 0.4) is 0 Å².